The average molecular weight is 312 g/mol. The van der Waals surface area contributed by atoms with Crippen molar-refractivity contribution in [1.82, 2.24) is 15.0 Å². The van der Waals surface area contributed by atoms with E-state index < -0.39 is 0 Å². The van der Waals surface area contributed by atoms with Crippen molar-refractivity contribution in [3.8, 4) is 0 Å². The van der Waals surface area contributed by atoms with Crippen LogP contribution < -0.4 is 5.73 Å². The summed E-state index contributed by atoms with van der Waals surface area (Å²) < 4.78 is 5.56. The van der Waals surface area contributed by atoms with Crippen LogP contribution in [0.15, 0.2) is 28.8 Å². The van der Waals surface area contributed by atoms with Gasteiger partial charge in [0.05, 0.1) is 11.6 Å². The second kappa shape index (κ2) is 5.73. The van der Waals surface area contributed by atoms with E-state index in [4.69, 9.17) is 10.3 Å². The zero-order chi connectivity index (χ0) is 15.9. The van der Waals surface area contributed by atoms with Gasteiger partial charge in [-0.1, -0.05) is 42.3 Å². The minimum Gasteiger partial charge on any atom is -0.338 e. The summed E-state index contributed by atoms with van der Waals surface area (Å²) in [5.74, 6) is 1.38. The van der Waals surface area contributed by atoms with Gasteiger partial charge in [-0.05, 0) is 37.3 Å². The van der Waals surface area contributed by atoms with E-state index in [0.717, 1.165) is 45.2 Å². The monoisotopic (exact) mass is 312 g/mol. The molecule has 5 heteroatoms. The molecule has 1 fully saturated rings. The van der Waals surface area contributed by atoms with Gasteiger partial charge in [-0.25, -0.2) is 0 Å². The highest BCUT2D eigenvalue weighted by Gasteiger charge is 2.37. The Hall–Kier alpha value is -1.72. The van der Waals surface area contributed by atoms with E-state index in [1.165, 1.54) is 11.1 Å². The second-order valence-electron chi connectivity index (χ2n) is 6.98. The van der Waals surface area contributed by atoms with Crippen molar-refractivity contribution in [3.63, 3.8) is 0 Å². The molecule has 1 unspecified atom stereocenters. The number of nitrogens with two attached hydrogens (primary N) is 1. The lowest BCUT2D eigenvalue weighted by Crippen LogP contribution is -2.35. The minimum absolute atomic E-state index is 0.120. The molecule has 1 aromatic carbocycles. The standard InChI is InChI=1S/C18H24N4O/c1-13(22-11-8-14-6-2-3-7-15(14)12-22)16-20-17(21-23-16)18(19)9-4-5-10-18/h2-3,6-7,13H,4-5,8-12,19H2,1H3. The van der Waals surface area contributed by atoms with Crippen LogP contribution in [0.5, 0.6) is 0 Å². The van der Waals surface area contributed by atoms with E-state index in [1.54, 1.807) is 0 Å². The van der Waals surface area contributed by atoms with E-state index >= 15 is 0 Å². The number of aromatic nitrogens is 2. The first-order chi connectivity index (χ1) is 11.2. The van der Waals surface area contributed by atoms with Gasteiger partial charge in [-0.15, -0.1) is 0 Å². The van der Waals surface area contributed by atoms with Crippen LogP contribution >= 0.6 is 0 Å². The first-order valence-electron chi connectivity index (χ1n) is 8.59. The van der Waals surface area contributed by atoms with Crippen molar-refractivity contribution in [2.45, 2.75) is 57.2 Å². The van der Waals surface area contributed by atoms with Gasteiger partial charge in [-0.3, -0.25) is 4.90 Å². The molecular formula is C18H24N4O. The smallest absolute Gasteiger partial charge is 0.243 e. The van der Waals surface area contributed by atoms with Crippen molar-refractivity contribution in [1.29, 1.82) is 0 Å². The Balaban J connectivity index is 1.52. The Labute approximate surface area is 136 Å². The molecule has 0 radical (unpaired) electrons. The fourth-order valence-electron chi connectivity index (χ4n) is 3.84. The summed E-state index contributed by atoms with van der Waals surface area (Å²) in [6, 6.07) is 8.77. The van der Waals surface area contributed by atoms with E-state index in [1.807, 2.05) is 0 Å². The molecule has 0 saturated heterocycles. The van der Waals surface area contributed by atoms with Gasteiger partial charge in [0.15, 0.2) is 5.82 Å². The zero-order valence-electron chi connectivity index (χ0n) is 13.7. The Kier molecular flexibility index (Phi) is 3.70. The van der Waals surface area contributed by atoms with Crippen LogP contribution in [-0.4, -0.2) is 21.6 Å². The van der Waals surface area contributed by atoms with Gasteiger partial charge in [0.1, 0.15) is 0 Å². The summed E-state index contributed by atoms with van der Waals surface area (Å²) in [7, 11) is 0. The van der Waals surface area contributed by atoms with Gasteiger partial charge >= 0.3 is 0 Å². The van der Waals surface area contributed by atoms with Crippen molar-refractivity contribution in [3.05, 3.63) is 47.1 Å². The number of nitrogens with zero attached hydrogens (tertiary/aromatic N) is 3. The van der Waals surface area contributed by atoms with Crippen LogP contribution in [0, 0.1) is 0 Å². The van der Waals surface area contributed by atoms with Crippen LogP contribution in [0.2, 0.25) is 0 Å². The molecule has 1 aliphatic heterocycles. The van der Waals surface area contributed by atoms with E-state index in [-0.39, 0.29) is 11.6 Å². The molecule has 2 aliphatic rings. The number of hydrogen-bond donors (Lipinski definition) is 1. The number of rotatable bonds is 3. The Bertz CT molecular complexity index is 690. The van der Waals surface area contributed by atoms with E-state index in [2.05, 4.69) is 46.2 Å². The molecule has 1 aliphatic carbocycles. The van der Waals surface area contributed by atoms with Gasteiger partial charge in [0.2, 0.25) is 5.89 Å². The SMILES string of the molecule is CC(c1nc(C2(N)CCCC2)no1)N1CCc2ccccc2C1. The van der Waals surface area contributed by atoms with Crippen LogP contribution in [0.25, 0.3) is 0 Å². The molecule has 2 heterocycles. The van der Waals surface area contributed by atoms with Crippen LogP contribution in [-0.2, 0) is 18.5 Å². The fraction of sp³-hybridized carbons (Fsp3) is 0.556. The molecule has 0 spiro atoms. The number of fused-ring (bicyclic) bond motifs is 1. The summed E-state index contributed by atoms with van der Waals surface area (Å²) in [5, 5.41) is 4.19. The maximum atomic E-state index is 6.44. The maximum Gasteiger partial charge on any atom is 0.243 e. The van der Waals surface area contributed by atoms with Crippen molar-refractivity contribution in [2.24, 2.45) is 5.73 Å². The maximum absolute atomic E-state index is 6.44. The molecule has 0 amide bonds. The molecule has 1 aromatic heterocycles. The highest BCUT2D eigenvalue weighted by atomic mass is 16.5. The first-order valence-corrected chi connectivity index (χ1v) is 8.59. The summed E-state index contributed by atoms with van der Waals surface area (Å²) in [4.78, 5) is 7.05. The largest absolute Gasteiger partial charge is 0.338 e. The number of hydrogen-bond acceptors (Lipinski definition) is 5. The van der Waals surface area contributed by atoms with Gasteiger partial charge in [-0.2, -0.15) is 4.98 Å². The molecule has 122 valence electrons. The van der Waals surface area contributed by atoms with Crippen LogP contribution in [0.1, 0.15) is 61.5 Å². The van der Waals surface area contributed by atoms with E-state index in [9.17, 15) is 0 Å². The lowest BCUT2D eigenvalue weighted by molar-refractivity contribution is 0.158. The molecule has 4 rings (SSSR count). The lowest BCUT2D eigenvalue weighted by Gasteiger charge is -2.31. The summed E-state index contributed by atoms with van der Waals surface area (Å²) in [6.45, 7) is 4.09. The first kappa shape index (κ1) is 14.8. The lowest BCUT2D eigenvalue weighted by atomic mass is 9.98. The minimum atomic E-state index is -0.379. The summed E-state index contributed by atoms with van der Waals surface area (Å²) in [5.41, 5.74) is 8.91. The predicted molar refractivity (Wildman–Crippen MR) is 87.6 cm³/mol. The highest BCUT2D eigenvalue weighted by molar-refractivity contribution is 5.29. The van der Waals surface area contributed by atoms with Gasteiger partial charge in [0, 0.05) is 13.1 Å². The Morgan fingerprint density at radius 3 is 2.74 bits per heavy atom. The van der Waals surface area contributed by atoms with E-state index in [0.29, 0.717) is 11.7 Å². The fourth-order valence-corrected chi connectivity index (χ4v) is 3.84. The third-order valence-electron chi connectivity index (χ3n) is 5.45. The van der Waals surface area contributed by atoms with Crippen LogP contribution in [0.3, 0.4) is 0 Å². The highest BCUT2D eigenvalue weighted by Crippen LogP contribution is 2.35. The van der Waals surface area contributed by atoms with Crippen molar-refractivity contribution in [2.75, 3.05) is 6.54 Å². The topological polar surface area (TPSA) is 68.2 Å². The molecule has 1 saturated carbocycles. The summed E-state index contributed by atoms with van der Waals surface area (Å²) in [6.07, 6.45) is 5.29. The molecule has 1 atom stereocenters. The Morgan fingerprint density at radius 1 is 1.22 bits per heavy atom. The van der Waals surface area contributed by atoms with Gasteiger partial charge < -0.3 is 10.3 Å². The third kappa shape index (κ3) is 2.68. The normalized spacial score (nSPS) is 22.0. The van der Waals surface area contributed by atoms with Gasteiger partial charge in [0.25, 0.3) is 0 Å². The molecule has 0 bridgehead atoms. The molecule has 2 N–H and O–H groups in total. The quantitative estimate of drug-likeness (QED) is 0.944. The van der Waals surface area contributed by atoms with Crippen LogP contribution in [0.4, 0.5) is 0 Å². The predicted octanol–water partition coefficient (Wildman–Crippen LogP) is 2.92. The molecule has 5 nitrogen and oxygen atoms in total. The molecule has 2 aromatic rings. The average Bonchev–Trinajstić information content (AvgIpc) is 3.24. The zero-order valence-corrected chi connectivity index (χ0v) is 13.7. The Morgan fingerprint density at radius 2 is 1.96 bits per heavy atom. The van der Waals surface area contributed by atoms with Crippen molar-refractivity contribution < 1.29 is 4.52 Å². The number of benzene rings is 1. The third-order valence-corrected chi connectivity index (χ3v) is 5.45. The van der Waals surface area contributed by atoms with Crippen molar-refractivity contribution >= 4 is 0 Å². The molecular weight excluding hydrogens is 288 g/mol. The second-order valence-corrected chi connectivity index (χ2v) is 6.98. The summed E-state index contributed by atoms with van der Waals surface area (Å²) >= 11 is 0. The molecule has 23 heavy (non-hydrogen) atoms.